The zero-order valence-electron chi connectivity index (χ0n) is 13.1. The summed E-state index contributed by atoms with van der Waals surface area (Å²) in [4.78, 5) is 0. The standard InChI is InChI=1S/2C5H12S.2C2H5.Sn/c2*1-5(2,3)4-6;2*1-2;/h2*6H,4H2,1-3H3;2*1H2,2H3;/q;;;;+2/p-2. The van der Waals surface area contributed by atoms with Gasteiger partial charge in [-0.3, -0.25) is 0 Å². The molecule has 0 fully saturated rings. The molecule has 0 saturated heterocycles. The quantitative estimate of drug-likeness (QED) is 0.448. The Labute approximate surface area is 140 Å². The molecule has 0 aromatic rings. The summed E-state index contributed by atoms with van der Waals surface area (Å²) in [6.45, 7) is 22.8. The van der Waals surface area contributed by atoms with Crippen molar-refractivity contribution in [1.82, 2.24) is 0 Å². The maximum atomic E-state index is 4.79. The molecule has 17 heavy (non-hydrogen) atoms. The van der Waals surface area contributed by atoms with Gasteiger partial charge in [-0.15, -0.1) is 0 Å². The van der Waals surface area contributed by atoms with Gasteiger partial charge in [-0.2, -0.15) is 11.5 Å². The molecule has 0 unspecified atom stereocenters. The minimum Gasteiger partial charge on any atom is -0.792 e. The molecule has 0 N–H and O–H groups in total. The van der Waals surface area contributed by atoms with Gasteiger partial charge < -0.3 is 25.3 Å². The largest absolute Gasteiger partial charge is 2.00 e. The number of rotatable bonds is 0. The second-order valence-electron chi connectivity index (χ2n) is 5.41. The number of hydrogen-bond donors (Lipinski definition) is 0. The van der Waals surface area contributed by atoms with Crippen molar-refractivity contribution in [2.45, 2.75) is 55.4 Å². The third-order valence-electron chi connectivity index (χ3n) is 0.866. The fourth-order valence-electron chi connectivity index (χ4n) is 0. The predicted molar refractivity (Wildman–Crippen MR) is 91.2 cm³/mol. The van der Waals surface area contributed by atoms with Crippen molar-refractivity contribution >= 4 is 49.2 Å². The van der Waals surface area contributed by atoms with Gasteiger partial charge in [-0.1, -0.05) is 80.1 Å². The molecule has 0 rings (SSSR count). The fraction of sp³-hybridized carbons (Fsp3) is 0.857. The first kappa shape index (κ1) is 31.1. The van der Waals surface area contributed by atoms with E-state index in [2.05, 4.69) is 55.4 Å². The van der Waals surface area contributed by atoms with E-state index in [1.165, 1.54) is 0 Å². The topological polar surface area (TPSA) is 0 Å². The van der Waals surface area contributed by atoms with E-state index in [4.69, 9.17) is 25.3 Å². The number of hydrogen-bond acceptors (Lipinski definition) is 2. The molecular formula is C14H32S2Sn. The van der Waals surface area contributed by atoms with Crippen LogP contribution in [-0.2, 0) is 25.3 Å². The normalized spacial score (nSPS) is 9.18. The zero-order valence-corrected chi connectivity index (χ0v) is 17.6. The molecule has 0 atom stereocenters. The van der Waals surface area contributed by atoms with E-state index in [0.29, 0.717) is 10.8 Å². The molecule has 0 amide bonds. The molecule has 0 nitrogen and oxygen atoms in total. The van der Waals surface area contributed by atoms with Crippen molar-refractivity contribution in [2.24, 2.45) is 10.8 Å². The molecule has 0 aliphatic rings. The van der Waals surface area contributed by atoms with E-state index < -0.39 is 0 Å². The molecule has 0 aromatic carbocycles. The van der Waals surface area contributed by atoms with Crippen molar-refractivity contribution in [3.05, 3.63) is 13.8 Å². The van der Waals surface area contributed by atoms with Crippen molar-refractivity contribution in [3.8, 4) is 0 Å². The molecule has 4 radical (unpaired) electrons. The summed E-state index contributed by atoms with van der Waals surface area (Å²) in [5, 5.41) is 0. The molecule has 0 spiro atoms. The van der Waals surface area contributed by atoms with Crippen LogP contribution in [0.5, 0.6) is 0 Å². The summed E-state index contributed by atoms with van der Waals surface area (Å²) < 4.78 is 0. The Hall–Kier alpha value is 1.50. The van der Waals surface area contributed by atoms with Gasteiger partial charge in [0.15, 0.2) is 0 Å². The van der Waals surface area contributed by atoms with Gasteiger partial charge >= 0.3 is 23.9 Å². The maximum absolute atomic E-state index is 4.79. The van der Waals surface area contributed by atoms with E-state index in [1.54, 1.807) is 13.8 Å². The van der Waals surface area contributed by atoms with Crippen molar-refractivity contribution in [1.29, 1.82) is 0 Å². The van der Waals surface area contributed by atoms with Crippen LogP contribution in [0.4, 0.5) is 0 Å². The Morgan fingerprint density at radius 3 is 0.706 bits per heavy atom. The van der Waals surface area contributed by atoms with Crippen molar-refractivity contribution in [3.63, 3.8) is 0 Å². The van der Waals surface area contributed by atoms with Gasteiger partial charge in [0.05, 0.1) is 0 Å². The van der Waals surface area contributed by atoms with Crippen molar-refractivity contribution < 1.29 is 0 Å². The first-order valence-corrected chi connectivity index (χ1v) is 6.85. The van der Waals surface area contributed by atoms with Crippen LogP contribution < -0.4 is 0 Å². The predicted octanol–water partition coefficient (Wildman–Crippen LogP) is 4.46. The molecule has 0 aliphatic carbocycles. The molecule has 3 heteroatoms. The molecule has 0 aromatic heterocycles. The van der Waals surface area contributed by atoms with Gasteiger partial charge in [0.2, 0.25) is 0 Å². The average molecular weight is 383 g/mol. The SMILES string of the molecule is CC(C)(C)C[S-].CC(C)(C)C[S-].[CH2]C.[CH2]C.[Sn+2]. The average Bonchev–Trinajstić information content (AvgIpc) is 2.23. The van der Waals surface area contributed by atoms with Crippen LogP contribution in [0.1, 0.15) is 55.4 Å². The van der Waals surface area contributed by atoms with Crippen LogP contribution >= 0.6 is 0 Å². The molecule has 0 aliphatic heterocycles. The molecule has 0 heterocycles. The van der Waals surface area contributed by atoms with Crippen LogP contribution in [-0.4, -0.2) is 35.4 Å². The smallest absolute Gasteiger partial charge is 0.792 e. The summed E-state index contributed by atoms with van der Waals surface area (Å²) >= 11 is 9.58. The summed E-state index contributed by atoms with van der Waals surface area (Å²) in [5.74, 6) is 1.71. The monoisotopic (exact) mass is 384 g/mol. The van der Waals surface area contributed by atoms with Crippen LogP contribution in [0.15, 0.2) is 0 Å². The van der Waals surface area contributed by atoms with Gasteiger partial charge in [0, 0.05) is 0 Å². The van der Waals surface area contributed by atoms with E-state index in [1.807, 2.05) is 0 Å². The van der Waals surface area contributed by atoms with Gasteiger partial charge in [0.1, 0.15) is 0 Å². The zero-order chi connectivity index (χ0) is 14.4. The van der Waals surface area contributed by atoms with E-state index in [-0.39, 0.29) is 23.9 Å². The van der Waals surface area contributed by atoms with Crippen LogP contribution in [0.3, 0.4) is 0 Å². The Kier molecular flexibility index (Phi) is 36.3. The fourth-order valence-corrected chi connectivity index (χ4v) is 0. The Morgan fingerprint density at radius 1 is 0.647 bits per heavy atom. The Bertz CT molecular complexity index is 87.8. The minimum atomic E-state index is 0. The third kappa shape index (κ3) is 74.8. The molecule has 0 bridgehead atoms. The first-order chi connectivity index (χ1) is 7.12. The Balaban J connectivity index is -0.0000000417. The second-order valence-corrected chi connectivity index (χ2v) is 5.99. The van der Waals surface area contributed by atoms with E-state index in [9.17, 15) is 0 Å². The summed E-state index contributed by atoms with van der Waals surface area (Å²) in [6, 6.07) is 0. The van der Waals surface area contributed by atoms with Crippen molar-refractivity contribution in [2.75, 3.05) is 11.5 Å². The molecule has 104 valence electrons. The van der Waals surface area contributed by atoms with Gasteiger partial charge in [-0.05, 0) is 0 Å². The molecular weight excluding hydrogens is 351 g/mol. The third-order valence-corrected chi connectivity index (χ3v) is 2.60. The van der Waals surface area contributed by atoms with Crippen LogP contribution in [0.25, 0.3) is 0 Å². The van der Waals surface area contributed by atoms with E-state index >= 15 is 0 Å². The second kappa shape index (κ2) is 19.8. The first-order valence-electron chi connectivity index (χ1n) is 5.70. The van der Waals surface area contributed by atoms with Crippen LogP contribution in [0.2, 0.25) is 0 Å². The minimum absolute atomic E-state index is 0. The maximum Gasteiger partial charge on any atom is 2.00 e. The molecule has 0 saturated carbocycles. The van der Waals surface area contributed by atoms with Gasteiger partial charge in [-0.25, -0.2) is 0 Å². The summed E-state index contributed by atoms with van der Waals surface area (Å²) in [7, 11) is 0. The van der Waals surface area contributed by atoms with E-state index in [0.717, 1.165) is 11.5 Å². The summed E-state index contributed by atoms with van der Waals surface area (Å²) in [5.41, 5.74) is 0.713. The summed E-state index contributed by atoms with van der Waals surface area (Å²) in [6.07, 6.45) is 0. The van der Waals surface area contributed by atoms with Crippen LogP contribution in [0, 0.1) is 24.7 Å². The Morgan fingerprint density at radius 2 is 0.706 bits per heavy atom. The van der Waals surface area contributed by atoms with Gasteiger partial charge in [0.25, 0.3) is 0 Å².